The van der Waals surface area contributed by atoms with Crippen LogP contribution in [0.25, 0.3) is 0 Å². The number of benzene rings is 1. The molecule has 0 atom stereocenters. The molecule has 17 heavy (non-hydrogen) atoms. The van der Waals surface area contributed by atoms with Crippen molar-refractivity contribution in [3.63, 3.8) is 0 Å². The lowest BCUT2D eigenvalue weighted by molar-refractivity contribution is 0.479. The highest BCUT2D eigenvalue weighted by Crippen LogP contribution is 2.16. The summed E-state index contributed by atoms with van der Waals surface area (Å²) < 4.78 is 1.11. The van der Waals surface area contributed by atoms with Crippen LogP contribution in [0.4, 0.5) is 0 Å². The predicted molar refractivity (Wildman–Crippen MR) is 88.1 cm³/mol. The molecule has 0 saturated carbocycles. The Labute approximate surface area is 129 Å². The number of hydrogen-bond acceptors (Lipinski definition) is 1. The largest absolute Gasteiger partial charge is 0.349 e. The van der Waals surface area contributed by atoms with Crippen LogP contribution in [0, 0.1) is 0 Å². The van der Waals surface area contributed by atoms with Gasteiger partial charge >= 0.3 is 0 Å². The van der Waals surface area contributed by atoms with Gasteiger partial charge in [0.1, 0.15) is 0 Å². The lowest BCUT2D eigenvalue weighted by atomic mass is 10.2. The maximum atomic E-state index is 4.59. The molecule has 0 aliphatic rings. The molecule has 0 N–H and O–H groups in total. The minimum absolute atomic E-state index is 0. The molecule has 0 aromatic heterocycles. The predicted octanol–water partition coefficient (Wildman–Crippen LogP) is 3.05. The molecule has 5 heteroatoms. The molecule has 0 fully saturated rings. The van der Waals surface area contributed by atoms with Gasteiger partial charge in [-0.1, -0.05) is 34.1 Å². The molecule has 0 heterocycles. The van der Waals surface area contributed by atoms with E-state index in [2.05, 4.69) is 27.0 Å². The Morgan fingerprint density at radius 1 is 1.12 bits per heavy atom. The molecule has 0 bridgehead atoms. The highest BCUT2D eigenvalue weighted by atomic mass is 127. The number of halogens is 2. The van der Waals surface area contributed by atoms with Crippen LogP contribution in [0.1, 0.15) is 5.56 Å². The van der Waals surface area contributed by atoms with Gasteiger partial charge in [-0.25, -0.2) is 4.99 Å². The van der Waals surface area contributed by atoms with Gasteiger partial charge in [-0.15, -0.1) is 24.0 Å². The van der Waals surface area contributed by atoms with Crippen molar-refractivity contribution in [1.82, 2.24) is 9.80 Å². The van der Waals surface area contributed by atoms with Gasteiger partial charge in [0.15, 0.2) is 5.96 Å². The Bertz CT molecular complexity index is 368. The zero-order valence-electron chi connectivity index (χ0n) is 10.6. The van der Waals surface area contributed by atoms with E-state index in [9.17, 15) is 0 Å². The van der Waals surface area contributed by atoms with Crippen LogP contribution in [0.15, 0.2) is 33.7 Å². The molecular weight excluding hydrogens is 393 g/mol. The summed E-state index contributed by atoms with van der Waals surface area (Å²) in [5, 5.41) is 0. The zero-order valence-corrected chi connectivity index (χ0v) is 14.6. The number of nitrogens with zero attached hydrogens (tertiary/aromatic N) is 3. The maximum Gasteiger partial charge on any atom is 0.195 e. The number of guanidine groups is 1. The van der Waals surface area contributed by atoms with Crippen LogP contribution >= 0.6 is 39.9 Å². The van der Waals surface area contributed by atoms with Crippen molar-refractivity contribution in [2.75, 3.05) is 28.2 Å². The smallest absolute Gasteiger partial charge is 0.195 e. The summed E-state index contributed by atoms with van der Waals surface area (Å²) >= 11 is 3.52. The Morgan fingerprint density at radius 3 is 2.12 bits per heavy atom. The molecule has 0 unspecified atom stereocenters. The van der Waals surface area contributed by atoms with Gasteiger partial charge in [0.2, 0.25) is 0 Å². The van der Waals surface area contributed by atoms with Gasteiger partial charge in [0, 0.05) is 32.7 Å². The van der Waals surface area contributed by atoms with Crippen molar-refractivity contribution in [3.05, 3.63) is 34.3 Å². The van der Waals surface area contributed by atoms with Crippen LogP contribution < -0.4 is 0 Å². The summed E-state index contributed by atoms with van der Waals surface area (Å²) in [7, 11) is 8.00. The average Bonchev–Trinajstić information content (AvgIpc) is 2.20. The summed E-state index contributed by atoms with van der Waals surface area (Å²) in [5.74, 6) is 0.968. The first-order chi connectivity index (χ1) is 7.52. The fourth-order valence-corrected chi connectivity index (χ4v) is 1.88. The molecule has 1 aromatic rings. The summed E-state index contributed by atoms with van der Waals surface area (Å²) in [6, 6.07) is 8.16. The van der Waals surface area contributed by atoms with Crippen molar-refractivity contribution in [1.29, 1.82) is 0 Å². The Morgan fingerprint density at radius 2 is 1.65 bits per heavy atom. The number of aliphatic imine (C=N–C) groups is 1. The summed E-state index contributed by atoms with van der Waals surface area (Å²) in [4.78, 5) is 8.61. The van der Waals surface area contributed by atoms with Gasteiger partial charge in [-0.2, -0.15) is 0 Å². The Hall–Kier alpha value is -0.300. The van der Waals surface area contributed by atoms with Crippen molar-refractivity contribution in [2.24, 2.45) is 4.99 Å². The summed E-state index contributed by atoms with van der Waals surface area (Å²) in [6.07, 6.45) is 0. The molecule has 0 aliphatic heterocycles. The molecule has 1 rings (SSSR count). The third kappa shape index (κ3) is 5.25. The molecule has 96 valence electrons. The first-order valence-corrected chi connectivity index (χ1v) is 5.94. The van der Waals surface area contributed by atoms with Crippen LogP contribution in [-0.2, 0) is 6.54 Å². The fraction of sp³-hybridized carbons (Fsp3) is 0.417. The molecule has 0 aliphatic carbocycles. The summed E-state index contributed by atoms with van der Waals surface area (Å²) in [5.41, 5.74) is 1.20. The second-order valence-corrected chi connectivity index (χ2v) is 4.85. The second-order valence-electron chi connectivity index (χ2n) is 4.00. The molecule has 3 nitrogen and oxygen atoms in total. The van der Waals surface area contributed by atoms with Crippen LogP contribution in [0.2, 0.25) is 0 Å². The van der Waals surface area contributed by atoms with Gasteiger partial charge in [0.05, 0.1) is 6.54 Å². The van der Waals surface area contributed by atoms with Gasteiger partial charge < -0.3 is 9.80 Å². The highest BCUT2D eigenvalue weighted by Gasteiger charge is 2.04. The molecule has 1 aromatic carbocycles. The normalized spacial score (nSPS) is 9.24. The Balaban J connectivity index is 0.00000256. The molecule has 0 saturated heterocycles. The van der Waals surface area contributed by atoms with Crippen LogP contribution in [0.5, 0.6) is 0 Å². The quantitative estimate of drug-likeness (QED) is 0.423. The van der Waals surface area contributed by atoms with Crippen LogP contribution in [-0.4, -0.2) is 44.0 Å². The van der Waals surface area contributed by atoms with Gasteiger partial charge in [-0.05, 0) is 11.6 Å². The van der Waals surface area contributed by atoms with E-state index in [4.69, 9.17) is 0 Å². The van der Waals surface area contributed by atoms with Gasteiger partial charge in [0.25, 0.3) is 0 Å². The second kappa shape index (κ2) is 7.92. The molecule has 0 radical (unpaired) electrons. The Kier molecular flexibility index (Phi) is 7.78. The third-order valence-corrected chi connectivity index (χ3v) is 2.92. The minimum Gasteiger partial charge on any atom is -0.349 e. The maximum absolute atomic E-state index is 4.59. The van der Waals surface area contributed by atoms with Crippen LogP contribution in [0.3, 0.4) is 0 Å². The average molecular weight is 412 g/mol. The van der Waals surface area contributed by atoms with E-state index in [1.807, 2.05) is 56.2 Å². The number of hydrogen-bond donors (Lipinski definition) is 0. The van der Waals surface area contributed by atoms with Crippen molar-refractivity contribution in [2.45, 2.75) is 6.54 Å². The van der Waals surface area contributed by atoms with Crippen molar-refractivity contribution >= 4 is 45.9 Å². The van der Waals surface area contributed by atoms with E-state index in [1.54, 1.807) is 0 Å². The summed E-state index contributed by atoms with van der Waals surface area (Å²) in [6.45, 7) is 0.688. The highest BCUT2D eigenvalue weighted by molar-refractivity contribution is 14.0. The van der Waals surface area contributed by atoms with Gasteiger partial charge in [-0.3, -0.25) is 0 Å². The lowest BCUT2D eigenvalue weighted by Gasteiger charge is -2.22. The minimum atomic E-state index is 0. The fourth-order valence-electron chi connectivity index (χ4n) is 1.47. The van der Waals surface area contributed by atoms with E-state index >= 15 is 0 Å². The topological polar surface area (TPSA) is 18.8 Å². The number of rotatable bonds is 2. The molecule has 0 spiro atoms. The SMILES string of the molecule is CN(C)C(=NCc1ccccc1Br)N(C)C.I. The standard InChI is InChI=1S/C12H18BrN3.HI/c1-15(2)12(16(3)4)14-9-10-7-5-6-8-11(10)13;/h5-8H,9H2,1-4H3;1H. The molecule has 0 amide bonds. The monoisotopic (exact) mass is 411 g/mol. The first kappa shape index (κ1) is 16.7. The van der Waals surface area contributed by atoms with E-state index in [-0.39, 0.29) is 24.0 Å². The lowest BCUT2D eigenvalue weighted by Crippen LogP contribution is -2.35. The first-order valence-electron chi connectivity index (χ1n) is 5.15. The van der Waals surface area contributed by atoms with E-state index in [0.717, 1.165) is 10.4 Å². The van der Waals surface area contributed by atoms with Crippen molar-refractivity contribution in [3.8, 4) is 0 Å². The van der Waals surface area contributed by atoms with Crippen molar-refractivity contribution < 1.29 is 0 Å². The zero-order chi connectivity index (χ0) is 12.1. The molecular formula is C12H19BrIN3. The third-order valence-electron chi connectivity index (χ3n) is 2.15. The van der Waals surface area contributed by atoms with E-state index in [1.165, 1.54) is 5.56 Å². The van der Waals surface area contributed by atoms with E-state index < -0.39 is 0 Å². The van der Waals surface area contributed by atoms with E-state index in [0.29, 0.717) is 6.54 Å².